The predicted octanol–water partition coefficient (Wildman–Crippen LogP) is 12.4. The number of esters is 9. The molecule has 116 heavy (non-hydrogen) atoms. The molecule has 0 N–H and O–H groups in total. The molecule has 9 saturated heterocycles. The van der Waals surface area contributed by atoms with Gasteiger partial charge < -0.3 is 94.7 Å². The highest BCUT2D eigenvalue weighted by Gasteiger charge is 2.30. The Hall–Kier alpha value is -5.10. The summed E-state index contributed by atoms with van der Waals surface area (Å²) in [5, 5.41) is 1.25. The van der Waals surface area contributed by atoms with Gasteiger partial charge in [0.25, 0.3) is 0 Å². The standard InChI is InChI=1S/2C10H16O3S.C9H14O4.3C9H14O3S.C8H12O4.2C8H12O3S/c1-7(2)10(11)13-9-6-14-5-4-8(3)12-9;1-7(2)10(11)13-9-6-12-5-4-8(3)14-9;1-6(2)9(10)13-8-5-11-4-7(3)12-8;1-6(2)9(10)12-8-5-13-4-7(3)11-8;1-6(2)9(10)12-8-5-11-4-7(3)13-8;1-3-8(10)12-9-6-13-5-4-7(2)11-9;1-3-7(9)12-8-5-10-4-6(2)11-8;1-3-7(9)11-8-5-12-4-6(2)10-8;1-3-7(9)11-8-5-10-4-6(2)12-8/h2*8-9H,1,4-6H2,2-3H3;3*7-8H,1,4-5H2,2-3H3;3,7,9H,1,4-6H2,2H3;3*3,6,8H,1,4-5H2,2H3. The Morgan fingerprint density at radius 1 is 0.284 bits per heavy atom. The molecule has 9 fully saturated rings. The molecule has 9 rings (SSSR count). The topological polar surface area (TPSA) is 338 Å². The van der Waals surface area contributed by atoms with E-state index in [2.05, 4.69) is 66.1 Å². The van der Waals surface area contributed by atoms with E-state index in [0.717, 1.165) is 80.3 Å². The Balaban J connectivity index is 0.000000653. The molecule has 36 heteroatoms. The summed E-state index contributed by atoms with van der Waals surface area (Å²) in [4.78, 5) is 98.9. The molecule has 9 aliphatic heterocycles. The summed E-state index contributed by atoms with van der Waals surface area (Å²) in [7, 11) is 0. The number of carbonyl (C=O) groups is 9. The third kappa shape index (κ3) is 54.9. The molecule has 0 bridgehead atoms. The third-order valence-electron chi connectivity index (χ3n) is 14.5. The van der Waals surface area contributed by atoms with Gasteiger partial charge in [-0.25, -0.2) is 43.2 Å². The molecule has 18 atom stereocenters. The first-order valence-corrected chi connectivity index (χ1v) is 45.0. The van der Waals surface area contributed by atoms with Crippen molar-refractivity contribution in [3.05, 3.63) is 111 Å². The molecule has 0 spiro atoms. The van der Waals surface area contributed by atoms with Crippen LogP contribution in [-0.4, -0.2) is 272 Å². The molecule has 0 aromatic heterocycles. The normalized spacial score (nSPS) is 28.6. The average Bonchev–Trinajstić information content (AvgIpc) is 1.51. The lowest BCUT2D eigenvalue weighted by atomic mass is 10.3. The van der Waals surface area contributed by atoms with Gasteiger partial charge in [-0.15, -0.1) is 35.3 Å². The monoisotopic (exact) mass is 1770 g/mol. The van der Waals surface area contributed by atoms with Crippen LogP contribution >= 0.6 is 82.3 Å². The van der Waals surface area contributed by atoms with Gasteiger partial charge in [0.1, 0.15) is 13.2 Å². The minimum Gasteiger partial charge on any atom is -0.446 e. The maximum Gasteiger partial charge on any atom is 0.335 e. The SMILES string of the molecule is C=C(C)C(=O)OC1COCC(C)O1.C=C(C)C(=O)OC1COCC(C)S1.C=C(C)C(=O)OC1COCCC(C)S1.C=C(C)C(=O)OC1CSCC(C)O1.C=C(C)C(=O)OC1CSCCC(C)O1.C=CC(=O)OC1COCC(C)O1.C=CC(=O)OC1COCC(C)S1.C=CC(=O)OC1CSCC(C)O1.C=CC(=O)OC1CSCCC(C)O1. The van der Waals surface area contributed by atoms with Gasteiger partial charge in [-0.3, -0.25) is 0 Å². The van der Waals surface area contributed by atoms with Crippen molar-refractivity contribution < 1.29 is 138 Å². The molecular formula is C80H124O29S7. The van der Waals surface area contributed by atoms with Gasteiger partial charge in [-0.05, 0) is 107 Å². The van der Waals surface area contributed by atoms with Gasteiger partial charge in [0.05, 0.1) is 106 Å². The third-order valence-corrected chi connectivity index (χ3v) is 22.5. The molecule has 9 heterocycles. The fourth-order valence-corrected chi connectivity index (χ4v) is 15.6. The zero-order valence-electron chi connectivity index (χ0n) is 69.6. The van der Waals surface area contributed by atoms with Gasteiger partial charge in [0.2, 0.25) is 37.7 Å². The molecule has 29 nitrogen and oxygen atoms in total. The van der Waals surface area contributed by atoms with Crippen LogP contribution in [0.15, 0.2) is 111 Å². The van der Waals surface area contributed by atoms with Crippen molar-refractivity contribution in [1.82, 2.24) is 0 Å². The van der Waals surface area contributed by atoms with Crippen LogP contribution in [0.2, 0.25) is 0 Å². The Morgan fingerprint density at radius 2 is 0.560 bits per heavy atom. The largest absolute Gasteiger partial charge is 0.446 e. The zero-order chi connectivity index (χ0) is 87.2. The molecule has 660 valence electrons. The van der Waals surface area contributed by atoms with Crippen LogP contribution in [0.1, 0.15) is 116 Å². The van der Waals surface area contributed by atoms with Crippen LogP contribution < -0.4 is 0 Å². The molecule has 0 aromatic carbocycles. The van der Waals surface area contributed by atoms with Gasteiger partial charge >= 0.3 is 53.7 Å². The number of hydrogen-bond donors (Lipinski definition) is 0. The highest BCUT2D eigenvalue weighted by Crippen LogP contribution is 2.29. The molecule has 0 aliphatic carbocycles. The predicted molar refractivity (Wildman–Crippen MR) is 455 cm³/mol. The second kappa shape index (κ2) is 63.8. The van der Waals surface area contributed by atoms with E-state index >= 15 is 0 Å². The molecule has 0 saturated carbocycles. The maximum absolute atomic E-state index is 11.2. The van der Waals surface area contributed by atoms with Crippen LogP contribution in [0.3, 0.4) is 0 Å². The quantitative estimate of drug-likeness (QED) is 0.0699. The maximum atomic E-state index is 11.2. The van der Waals surface area contributed by atoms with E-state index in [0.29, 0.717) is 113 Å². The summed E-state index contributed by atoms with van der Waals surface area (Å²) in [5.41, 5.74) is 1.52. The summed E-state index contributed by atoms with van der Waals surface area (Å²) in [6.45, 7) is 62.1. The van der Waals surface area contributed by atoms with Crippen molar-refractivity contribution in [1.29, 1.82) is 0 Å². The van der Waals surface area contributed by atoms with Crippen LogP contribution in [0.5, 0.6) is 0 Å². The summed E-state index contributed by atoms with van der Waals surface area (Å²) in [6.07, 6.45) is 5.37. The van der Waals surface area contributed by atoms with Crippen LogP contribution in [0.25, 0.3) is 0 Å². The van der Waals surface area contributed by atoms with E-state index < -0.39 is 61.6 Å². The number of ether oxygens (including phenoxy) is 20. The van der Waals surface area contributed by atoms with E-state index in [-0.39, 0.29) is 82.8 Å². The molecule has 0 amide bonds. The van der Waals surface area contributed by atoms with Crippen molar-refractivity contribution in [2.75, 3.05) is 112 Å². The smallest absolute Gasteiger partial charge is 0.335 e. The van der Waals surface area contributed by atoms with E-state index in [9.17, 15) is 43.2 Å². The van der Waals surface area contributed by atoms with Gasteiger partial charge in [-0.2, -0.15) is 47.0 Å². The molecule has 0 aromatic rings. The summed E-state index contributed by atoms with van der Waals surface area (Å²) in [5.74, 6) is 3.31. The Bertz CT molecular complexity index is 2830. The fourth-order valence-electron chi connectivity index (χ4n) is 8.76. The highest BCUT2D eigenvalue weighted by atomic mass is 32.2. The summed E-state index contributed by atoms with van der Waals surface area (Å²) < 4.78 is 103. The van der Waals surface area contributed by atoms with E-state index in [1.807, 2.05) is 55.4 Å². The fraction of sp³-hybridized carbons (Fsp3) is 0.662. The van der Waals surface area contributed by atoms with Crippen molar-refractivity contribution >= 4 is 136 Å². The number of thioether (sulfide) groups is 7. The number of hydrogen-bond acceptors (Lipinski definition) is 36. The first kappa shape index (κ1) is 109. The summed E-state index contributed by atoms with van der Waals surface area (Å²) in [6, 6.07) is 0. The molecule has 0 radical (unpaired) electrons. The van der Waals surface area contributed by atoms with E-state index in [4.69, 9.17) is 94.7 Å². The van der Waals surface area contributed by atoms with Gasteiger partial charge in [0.15, 0.2) is 16.3 Å². The van der Waals surface area contributed by atoms with Crippen molar-refractivity contribution in [3.63, 3.8) is 0 Å². The minimum atomic E-state index is -0.590. The van der Waals surface area contributed by atoms with Crippen molar-refractivity contribution in [2.45, 2.75) is 223 Å². The second-order valence-corrected chi connectivity index (χ2v) is 36.0. The number of carbonyl (C=O) groups excluding carboxylic acids is 9. The van der Waals surface area contributed by atoms with E-state index in [1.54, 1.807) is 117 Å². The van der Waals surface area contributed by atoms with Crippen molar-refractivity contribution in [3.8, 4) is 0 Å². The van der Waals surface area contributed by atoms with Crippen LogP contribution in [0.4, 0.5) is 0 Å². The first-order valence-electron chi connectivity index (χ1n) is 37.6. The molecule has 9 aliphatic rings. The lowest BCUT2D eigenvalue weighted by molar-refractivity contribution is -0.232. The van der Waals surface area contributed by atoms with Gasteiger partial charge in [-0.1, -0.05) is 80.0 Å². The Kier molecular flexibility index (Phi) is 59.9. The average molecular weight is 1770 g/mol. The Morgan fingerprint density at radius 3 is 0.905 bits per heavy atom. The van der Waals surface area contributed by atoms with Crippen LogP contribution in [-0.2, 0) is 138 Å². The Labute approximate surface area is 715 Å². The lowest BCUT2D eigenvalue weighted by Crippen LogP contribution is -2.37. The molecule has 18 unspecified atom stereocenters. The van der Waals surface area contributed by atoms with E-state index in [1.165, 1.54) is 6.08 Å². The summed E-state index contributed by atoms with van der Waals surface area (Å²) >= 11 is 11.8. The van der Waals surface area contributed by atoms with Crippen LogP contribution in [0, 0.1) is 0 Å². The van der Waals surface area contributed by atoms with Gasteiger partial charge in [0, 0.05) is 86.0 Å². The lowest BCUT2D eigenvalue weighted by Gasteiger charge is -2.27. The zero-order valence-corrected chi connectivity index (χ0v) is 75.3. The number of rotatable bonds is 18. The highest BCUT2D eigenvalue weighted by molar-refractivity contribution is 8.01. The van der Waals surface area contributed by atoms with Crippen molar-refractivity contribution in [2.24, 2.45) is 0 Å². The first-order chi connectivity index (χ1) is 54.8. The molecular weight excluding hydrogens is 1650 g/mol. The second-order valence-electron chi connectivity index (χ2n) is 26.7. The minimum absolute atomic E-state index is 0.0265.